The SMILES string of the molecule is C=CC(=O)OCCCCOc1ccc(C(=O)Oc2ccc(OC(=O)C3=CCC(OCCCCOC(=O)C=C)C=C3)cc2C)cc1. The first kappa shape index (κ1) is 34.5. The second-order valence-corrected chi connectivity index (χ2v) is 9.90. The number of carbonyl (C=O) groups is 4. The molecule has 45 heavy (non-hydrogen) atoms. The summed E-state index contributed by atoms with van der Waals surface area (Å²) in [5.41, 5.74) is 1.38. The molecule has 238 valence electrons. The molecule has 0 amide bonds. The van der Waals surface area contributed by atoms with E-state index in [2.05, 4.69) is 13.2 Å². The summed E-state index contributed by atoms with van der Waals surface area (Å²) >= 11 is 0. The van der Waals surface area contributed by atoms with Crippen molar-refractivity contribution in [3.63, 3.8) is 0 Å². The molecule has 1 atom stereocenters. The molecule has 2 aromatic carbocycles. The summed E-state index contributed by atoms with van der Waals surface area (Å²) in [7, 11) is 0. The highest BCUT2D eigenvalue weighted by Gasteiger charge is 2.17. The predicted molar refractivity (Wildman–Crippen MR) is 166 cm³/mol. The van der Waals surface area contributed by atoms with E-state index in [1.54, 1.807) is 61.5 Å². The Morgan fingerprint density at radius 1 is 0.778 bits per heavy atom. The number of aryl methyl sites for hydroxylation is 1. The summed E-state index contributed by atoms with van der Waals surface area (Å²) in [6.45, 7) is 10.0. The van der Waals surface area contributed by atoms with Gasteiger partial charge in [-0.25, -0.2) is 19.2 Å². The second-order valence-electron chi connectivity index (χ2n) is 9.90. The molecule has 0 saturated heterocycles. The highest BCUT2D eigenvalue weighted by molar-refractivity contribution is 5.93. The van der Waals surface area contributed by atoms with Crippen LogP contribution in [0.1, 0.15) is 48.0 Å². The van der Waals surface area contributed by atoms with E-state index in [1.165, 1.54) is 0 Å². The van der Waals surface area contributed by atoms with Crippen LogP contribution in [0.15, 0.2) is 91.6 Å². The number of rotatable bonds is 18. The van der Waals surface area contributed by atoms with Crippen LogP contribution >= 0.6 is 0 Å². The Labute approximate surface area is 262 Å². The minimum absolute atomic E-state index is 0.149. The van der Waals surface area contributed by atoms with Crippen molar-refractivity contribution in [1.82, 2.24) is 0 Å². The van der Waals surface area contributed by atoms with Crippen LogP contribution < -0.4 is 14.2 Å². The second kappa shape index (κ2) is 18.6. The summed E-state index contributed by atoms with van der Waals surface area (Å²) in [5, 5.41) is 0. The molecule has 10 heteroatoms. The van der Waals surface area contributed by atoms with Gasteiger partial charge in [-0.1, -0.05) is 25.3 Å². The molecule has 0 aliphatic heterocycles. The average Bonchev–Trinajstić information content (AvgIpc) is 3.05. The van der Waals surface area contributed by atoms with Crippen molar-refractivity contribution in [2.45, 2.75) is 45.1 Å². The van der Waals surface area contributed by atoms with Gasteiger partial charge in [0.25, 0.3) is 0 Å². The van der Waals surface area contributed by atoms with Crippen molar-refractivity contribution in [3.8, 4) is 17.2 Å². The first-order chi connectivity index (χ1) is 21.8. The van der Waals surface area contributed by atoms with Gasteiger partial charge in [0.05, 0.1) is 37.1 Å². The minimum Gasteiger partial charge on any atom is -0.494 e. The normalized spacial score (nSPS) is 13.6. The number of hydrogen-bond donors (Lipinski definition) is 0. The zero-order valence-electron chi connectivity index (χ0n) is 25.4. The van der Waals surface area contributed by atoms with Gasteiger partial charge in [-0.05, 0) is 93.1 Å². The van der Waals surface area contributed by atoms with Crippen LogP contribution in [0.25, 0.3) is 0 Å². The largest absolute Gasteiger partial charge is 0.494 e. The summed E-state index contributed by atoms with van der Waals surface area (Å²) in [4.78, 5) is 47.4. The Balaban J connectivity index is 1.38. The fourth-order valence-corrected chi connectivity index (χ4v) is 3.98. The number of hydrogen-bond acceptors (Lipinski definition) is 10. The van der Waals surface area contributed by atoms with Crippen molar-refractivity contribution >= 4 is 23.9 Å². The van der Waals surface area contributed by atoms with E-state index in [4.69, 9.17) is 28.4 Å². The summed E-state index contributed by atoms with van der Waals surface area (Å²) in [5.74, 6) is -0.665. The van der Waals surface area contributed by atoms with E-state index < -0.39 is 23.9 Å². The molecule has 0 saturated carbocycles. The van der Waals surface area contributed by atoms with Crippen LogP contribution in [0, 0.1) is 6.92 Å². The molecule has 1 aliphatic carbocycles. The van der Waals surface area contributed by atoms with Gasteiger partial charge in [-0.15, -0.1) is 0 Å². The quantitative estimate of drug-likeness (QED) is 0.0878. The molecule has 0 aromatic heterocycles. The van der Waals surface area contributed by atoms with E-state index in [1.807, 2.05) is 6.08 Å². The highest BCUT2D eigenvalue weighted by atomic mass is 16.5. The fourth-order valence-electron chi connectivity index (χ4n) is 3.98. The average molecular weight is 619 g/mol. The third-order valence-corrected chi connectivity index (χ3v) is 6.45. The van der Waals surface area contributed by atoms with Crippen LogP contribution in [-0.4, -0.2) is 56.4 Å². The van der Waals surface area contributed by atoms with Gasteiger partial charge in [0, 0.05) is 18.8 Å². The molecule has 0 spiro atoms. The smallest absolute Gasteiger partial charge is 0.343 e. The maximum atomic E-state index is 12.7. The van der Waals surface area contributed by atoms with Gasteiger partial charge in [-0.2, -0.15) is 0 Å². The number of carbonyl (C=O) groups excluding carboxylic acids is 4. The number of ether oxygens (including phenoxy) is 6. The molecule has 3 rings (SSSR count). The summed E-state index contributed by atoms with van der Waals surface area (Å²) < 4.78 is 32.4. The standard InChI is InChI=1S/C35H38O10/c1-4-32(36)42-22-8-6-20-40-28-14-10-26(11-15-28)34(38)44-30-18-19-31(25(3)24-30)45-35(39)27-12-16-29(17-13-27)41-21-7-9-23-43-33(37)5-2/h4-5,10-14,16-19,24,28H,1-2,6-9,15,20-23H2,3H3. The monoisotopic (exact) mass is 618 g/mol. The highest BCUT2D eigenvalue weighted by Crippen LogP contribution is 2.26. The topological polar surface area (TPSA) is 124 Å². The molecular formula is C35H38O10. The first-order valence-corrected chi connectivity index (χ1v) is 14.6. The Hall–Kier alpha value is -4.96. The zero-order chi connectivity index (χ0) is 32.4. The van der Waals surface area contributed by atoms with Crippen molar-refractivity contribution in [2.24, 2.45) is 0 Å². The summed E-state index contributed by atoms with van der Waals surface area (Å²) in [6.07, 6.45) is 10.7. The first-order valence-electron chi connectivity index (χ1n) is 14.6. The van der Waals surface area contributed by atoms with Crippen LogP contribution in [0.5, 0.6) is 17.2 Å². The number of esters is 4. The Kier molecular flexibility index (Phi) is 14.3. The van der Waals surface area contributed by atoms with E-state index in [0.29, 0.717) is 86.1 Å². The van der Waals surface area contributed by atoms with Gasteiger partial charge >= 0.3 is 23.9 Å². The van der Waals surface area contributed by atoms with Crippen molar-refractivity contribution in [2.75, 3.05) is 26.4 Å². The molecule has 2 aromatic rings. The van der Waals surface area contributed by atoms with Gasteiger partial charge in [0.2, 0.25) is 0 Å². The molecule has 10 nitrogen and oxygen atoms in total. The van der Waals surface area contributed by atoms with Gasteiger partial charge < -0.3 is 28.4 Å². The molecular weight excluding hydrogens is 580 g/mol. The van der Waals surface area contributed by atoms with Crippen LogP contribution in [-0.2, 0) is 28.6 Å². The maximum absolute atomic E-state index is 12.7. The van der Waals surface area contributed by atoms with Gasteiger partial charge in [0.1, 0.15) is 17.2 Å². The van der Waals surface area contributed by atoms with E-state index in [9.17, 15) is 19.2 Å². The molecule has 1 aliphatic rings. The van der Waals surface area contributed by atoms with Crippen LogP contribution in [0.2, 0.25) is 0 Å². The minimum atomic E-state index is -0.538. The third kappa shape index (κ3) is 12.3. The van der Waals surface area contributed by atoms with Crippen LogP contribution in [0.3, 0.4) is 0 Å². The molecule has 0 fully saturated rings. The van der Waals surface area contributed by atoms with E-state index in [-0.39, 0.29) is 6.10 Å². The molecule has 0 bridgehead atoms. The van der Waals surface area contributed by atoms with Gasteiger partial charge in [-0.3, -0.25) is 0 Å². The molecule has 0 heterocycles. The van der Waals surface area contributed by atoms with E-state index in [0.717, 1.165) is 18.6 Å². The molecule has 0 radical (unpaired) electrons. The predicted octanol–water partition coefficient (Wildman–Crippen LogP) is 5.79. The fraction of sp³-hybridized carbons (Fsp3) is 0.314. The lowest BCUT2D eigenvalue weighted by Crippen LogP contribution is -2.17. The Morgan fingerprint density at radius 3 is 2.00 bits per heavy atom. The van der Waals surface area contributed by atoms with Crippen LogP contribution in [0.4, 0.5) is 0 Å². The lowest BCUT2D eigenvalue weighted by molar-refractivity contribution is -0.138. The summed E-state index contributed by atoms with van der Waals surface area (Å²) in [6, 6.07) is 11.3. The molecule has 0 N–H and O–H groups in total. The third-order valence-electron chi connectivity index (χ3n) is 6.45. The zero-order valence-corrected chi connectivity index (χ0v) is 25.4. The van der Waals surface area contributed by atoms with Gasteiger partial charge in [0.15, 0.2) is 0 Å². The van der Waals surface area contributed by atoms with Crippen molar-refractivity contribution in [3.05, 3.63) is 103 Å². The Morgan fingerprint density at radius 2 is 1.40 bits per heavy atom. The molecule has 1 unspecified atom stereocenters. The lowest BCUT2D eigenvalue weighted by atomic mass is 10.1. The Bertz CT molecular complexity index is 1400. The number of unbranched alkanes of at least 4 members (excludes halogenated alkanes) is 2. The number of benzene rings is 2. The lowest BCUT2D eigenvalue weighted by Gasteiger charge is -2.17. The van der Waals surface area contributed by atoms with E-state index >= 15 is 0 Å². The van der Waals surface area contributed by atoms with Crippen molar-refractivity contribution in [1.29, 1.82) is 0 Å². The van der Waals surface area contributed by atoms with Crippen molar-refractivity contribution < 1.29 is 47.6 Å². The maximum Gasteiger partial charge on any atom is 0.343 e.